The highest BCUT2D eigenvalue weighted by atomic mass is 16.5. The Balaban J connectivity index is 1.41. The minimum atomic E-state index is -0.303. The summed E-state index contributed by atoms with van der Waals surface area (Å²) in [6.07, 6.45) is 2.69. The zero-order chi connectivity index (χ0) is 21.5. The van der Waals surface area contributed by atoms with Crippen LogP contribution in [-0.2, 0) is 16.0 Å². The van der Waals surface area contributed by atoms with Crippen LogP contribution in [0.15, 0.2) is 79.0 Å². The second-order valence-corrected chi connectivity index (χ2v) is 7.74. The first-order valence-electron chi connectivity index (χ1n) is 10.8. The quantitative estimate of drug-likeness (QED) is 0.501. The van der Waals surface area contributed by atoms with Crippen LogP contribution in [0.3, 0.4) is 0 Å². The van der Waals surface area contributed by atoms with Gasteiger partial charge in [-0.25, -0.2) is 4.79 Å². The summed E-state index contributed by atoms with van der Waals surface area (Å²) in [5.74, 6) is -0.303. The molecule has 0 amide bonds. The molecular formula is C26H28N2O3. The molecule has 31 heavy (non-hydrogen) atoms. The van der Waals surface area contributed by atoms with E-state index in [4.69, 9.17) is 9.47 Å². The van der Waals surface area contributed by atoms with Crippen molar-refractivity contribution in [3.63, 3.8) is 0 Å². The van der Waals surface area contributed by atoms with Crippen molar-refractivity contribution in [2.24, 2.45) is 0 Å². The average Bonchev–Trinajstić information content (AvgIpc) is 3.26. The van der Waals surface area contributed by atoms with Crippen LogP contribution in [0.25, 0.3) is 0 Å². The second kappa shape index (κ2) is 10.3. The monoisotopic (exact) mass is 416 g/mol. The maximum absolute atomic E-state index is 12.0. The molecule has 1 atom stereocenters. The van der Waals surface area contributed by atoms with Gasteiger partial charge in [-0.2, -0.15) is 0 Å². The molecule has 0 aliphatic carbocycles. The number of likely N-dealkylation sites (tertiary alicyclic amines) is 1. The van der Waals surface area contributed by atoms with Crippen molar-refractivity contribution in [3.05, 3.63) is 101 Å². The van der Waals surface area contributed by atoms with Crippen LogP contribution in [0.4, 0.5) is 0 Å². The van der Waals surface area contributed by atoms with E-state index in [1.807, 2.05) is 25.1 Å². The normalized spacial score (nSPS) is 16.5. The molecule has 1 aromatic heterocycles. The van der Waals surface area contributed by atoms with E-state index in [0.717, 1.165) is 36.3 Å². The first-order valence-corrected chi connectivity index (χ1v) is 10.8. The maximum Gasteiger partial charge on any atom is 0.338 e. The lowest BCUT2D eigenvalue weighted by atomic mass is 10.0. The van der Waals surface area contributed by atoms with Crippen LogP contribution in [0.2, 0.25) is 0 Å². The number of benzene rings is 2. The molecule has 0 unspecified atom stereocenters. The third kappa shape index (κ3) is 5.57. The summed E-state index contributed by atoms with van der Waals surface area (Å²) in [5, 5.41) is 0. The third-order valence-corrected chi connectivity index (χ3v) is 5.48. The van der Waals surface area contributed by atoms with Gasteiger partial charge in [-0.15, -0.1) is 0 Å². The number of esters is 1. The summed E-state index contributed by atoms with van der Waals surface area (Å²) < 4.78 is 11.7. The minimum absolute atomic E-state index is 0.0855. The number of hydrogen-bond donors (Lipinski definition) is 0. The van der Waals surface area contributed by atoms with Gasteiger partial charge in [0, 0.05) is 25.8 Å². The van der Waals surface area contributed by atoms with Crippen molar-refractivity contribution in [3.8, 4) is 0 Å². The van der Waals surface area contributed by atoms with Gasteiger partial charge < -0.3 is 9.47 Å². The number of hydrogen-bond acceptors (Lipinski definition) is 5. The Hall–Kier alpha value is -3.02. The molecule has 5 nitrogen and oxygen atoms in total. The Labute approximate surface area is 183 Å². The van der Waals surface area contributed by atoms with E-state index in [1.165, 1.54) is 0 Å². The van der Waals surface area contributed by atoms with Gasteiger partial charge in [0.05, 0.1) is 24.0 Å². The van der Waals surface area contributed by atoms with Gasteiger partial charge in [-0.05, 0) is 36.6 Å². The molecule has 1 aliphatic rings. The number of nitrogens with zero attached hydrogens (tertiary/aromatic N) is 2. The predicted molar refractivity (Wildman–Crippen MR) is 120 cm³/mol. The lowest BCUT2D eigenvalue weighted by molar-refractivity contribution is 0.0138. The van der Waals surface area contributed by atoms with E-state index in [2.05, 4.69) is 58.4 Å². The molecule has 0 saturated carbocycles. The van der Waals surface area contributed by atoms with E-state index in [0.29, 0.717) is 18.7 Å². The van der Waals surface area contributed by atoms with Crippen LogP contribution < -0.4 is 0 Å². The number of carbonyl (C=O) groups excluding carboxylic acids is 1. The largest absolute Gasteiger partial charge is 0.462 e. The number of pyridine rings is 1. The molecule has 3 aromatic rings. The number of carbonyl (C=O) groups is 1. The Bertz CT molecular complexity index is 939. The molecule has 1 aliphatic heterocycles. The van der Waals surface area contributed by atoms with Crippen LogP contribution in [0.5, 0.6) is 0 Å². The SMILES string of the molecule is CCOC(=O)c1ccnc(CN2CC[C@H](OC(c3ccccc3)c3ccccc3)C2)c1. The Morgan fingerprint density at radius 3 is 2.39 bits per heavy atom. The first-order chi connectivity index (χ1) is 15.2. The van der Waals surface area contributed by atoms with Gasteiger partial charge >= 0.3 is 5.97 Å². The highest BCUT2D eigenvalue weighted by Gasteiger charge is 2.27. The zero-order valence-corrected chi connectivity index (χ0v) is 17.8. The van der Waals surface area contributed by atoms with Gasteiger partial charge in [-0.3, -0.25) is 9.88 Å². The molecule has 0 spiro atoms. The van der Waals surface area contributed by atoms with E-state index in [-0.39, 0.29) is 18.2 Å². The first kappa shape index (κ1) is 21.2. The summed E-state index contributed by atoms with van der Waals surface area (Å²) in [7, 11) is 0. The highest BCUT2D eigenvalue weighted by Crippen LogP contribution is 2.30. The fourth-order valence-corrected chi connectivity index (χ4v) is 3.98. The molecule has 0 bridgehead atoms. The summed E-state index contributed by atoms with van der Waals surface area (Å²) in [6.45, 7) is 4.64. The van der Waals surface area contributed by atoms with Crippen molar-refractivity contribution in [2.45, 2.75) is 32.1 Å². The summed E-state index contributed by atoms with van der Waals surface area (Å²) >= 11 is 0. The molecule has 2 heterocycles. The maximum atomic E-state index is 12.0. The molecule has 1 saturated heterocycles. The average molecular weight is 417 g/mol. The van der Waals surface area contributed by atoms with Gasteiger partial charge in [-0.1, -0.05) is 60.7 Å². The molecule has 0 N–H and O–H groups in total. The van der Waals surface area contributed by atoms with Gasteiger partial charge in [0.15, 0.2) is 0 Å². The molecule has 0 radical (unpaired) electrons. The molecule has 160 valence electrons. The summed E-state index contributed by atoms with van der Waals surface area (Å²) in [5.41, 5.74) is 3.74. The second-order valence-electron chi connectivity index (χ2n) is 7.74. The van der Waals surface area contributed by atoms with Gasteiger partial charge in [0.2, 0.25) is 0 Å². The van der Waals surface area contributed by atoms with Crippen LogP contribution in [-0.4, -0.2) is 41.7 Å². The lowest BCUT2D eigenvalue weighted by Gasteiger charge is -2.23. The molecule has 2 aromatic carbocycles. The standard InChI is InChI=1S/C26H28N2O3/c1-2-30-26(29)22-13-15-27-23(17-22)18-28-16-14-24(19-28)31-25(20-9-5-3-6-10-20)21-11-7-4-8-12-21/h3-13,15,17,24-25H,2,14,16,18-19H2,1H3/t24-/m0/s1. The predicted octanol–water partition coefficient (Wildman–Crippen LogP) is 4.64. The van der Waals surface area contributed by atoms with Crippen molar-refractivity contribution in [1.29, 1.82) is 0 Å². The van der Waals surface area contributed by atoms with Crippen LogP contribution >= 0.6 is 0 Å². The van der Waals surface area contributed by atoms with Crippen molar-refractivity contribution < 1.29 is 14.3 Å². The third-order valence-electron chi connectivity index (χ3n) is 5.48. The van der Waals surface area contributed by atoms with E-state index in [1.54, 1.807) is 12.3 Å². The van der Waals surface area contributed by atoms with Crippen molar-refractivity contribution in [1.82, 2.24) is 9.88 Å². The number of aromatic nitrogens is 1. The number of rotatable bonds is 8. The topological polar surface area (TPSA) is 51.7 Å². The Kier molecular flexibility index (Phi) is 7.07. The molecule has 5 heteroatoms. The zero-order valence-electron chi connectivity index (χ0n) is 17.8. The number of ether oxygens (including phenoxy) is 2. The van der Waals surface area contributed by atoms with Crippen LogP contribution in [0, 0.1) is 0 Å². The summed E-state index contributed by atoms with van der Waals surface area (Å²) in [6, 6.07) is 24.3. The highest BCUT2D eigenvalue weighted by molar-refractivity contribution is 5.89. The van der Waals surface area contributed by atoms with Crippen molar-refractivity contribution in [2.75, 3.05) is 19.7 Å². The van der Waals surface area contributed by atoms with Gasteiger partial charge in [0.25, 0.3) is 0 Å². The fourth-order valence-electron chi connectivity index (χ4n) is 3.98. The smallest absolute Gasteiger partial charge is 0.338 e. The van der Waals surface area contributed by atoms with Crippen molar-refractivity contribution >= 4 is 5.97 Å². The van der Waals surface area contributed by atoms with E-state index < -0.39 is 0 Å². The van der Waals surface area contributed by atoms with E-state index >= 15 is 0 Å². The minimum Gasteiger partial charge on any atom is -0.462 e. The Morgan fingerprint density at radius 2 is 1.74 bits per heavy atom. The Morgan fingerprint density at radius 1 is 1.06 bits per heavy atom. The van der Waals surface area contributed by atoms with Crippen LogP contribution in [0.1, 0.15) is 46.6 Å². The van der Waals surface area contributed by atoms with Gasteiger partial charge in [0.1, 0.15) is 6.10 Å². The molecule has 4 rings (SSSR count). The molecular weight excluding hydrogens is 388 g/mol. The van der Waals surface area contributed by atoms with E-state index in [9.17, 15) is 4.79 Å². The lowest BCUT2D eigenvalue weighted by Crippen LogP contribution is -2.25. The summed E-state index contributed by atoms with van der Waals surface area (Å²) in [4.78, 5) is 18.8. The fraction of sp³-hybridized carbons (Fsp3) is 0.308. The molecule has 1 fully saturated rings.